The minimum atomic E-state index is -0.409. The highest BCUT2D eigenvalue weighted by molar-refractivity contribution is 6.23. The molecule has 0 bridgehead atoms. The number of nitrogens with zero attached hydrogens (tertiary/aromatic N) is 2. The maximum atomic E-state index is 6.50. The Morgan fingerprint density at radius 3 is 1.87 bits per heavy atom. The van der Waals surface area contributed by atoms with Crippen molar-refractivity contribution in [2.45, 2.75) is 76.3 Å². The molecule has 0 aliphatic heterocycles. The third kappa shape index (κ3) is 5.50. The fourth-order valence-electron chi connectivity index (χ4n) is 1.79. The van der Waals surface area contributed by atoms with Gasteiger partial charge in [0.25, 0.3) is 0 Å². The Balaban J connectivity index is 2.57. The van der Waals surface area contributed by atoms with Gasteiger partial charge in [-0.1, -0.05) is 30.9 Å². The zero-order valence-corrected chi connectivity index (χ0v) is 11.0. The number of hydrogen-bond donors (Lipinski definition) is 0. The molecule has 0 aromatic rings. The SMILES string of the molecule is CC(C)(C)N=NC1(Cl)CCCCCCC1. The van der Waals surface area contributed by atoms with Gasteiger partial charge in [-0.15, -0.1) is 0 Å². The molecule has 0 spiro atoms. The fourth-order valence-corrected chi connectivity index (χ4v) is 2.09. The van der Waals surface area contributed by atoms with E-state index in [0.29, 0.717) is 0 Å². The van der Waals surface area contributed by atoms with Crippen molar-refractivity contribution in [3.63, 3.8) is 0 Å². The van der Waals surface area contributed by atoms with Gasteiger partial charge in [0, 0.05) is 0 Å². The lowest BCUT2D eigenvalue weighted by atomic mass is 9.97. The maximum absolute atomic E-state index is 6.50. The van der Waals surface area contributed by atoms with Crippen LogP contribution in [0.4, 0.5) is 0 Å². The number of rotatable bonds is 1. The molecule has 1 saturated carbocycles. The molecule has 1 rings (SSSR count). The van der Waals surface area contributed by atoms with E-state index in [4.69, 9.17) is 11.6 Å². The van der Waals surface area contributed by atoms with E-state index in [1.807, 2.05) is 0 Å². The summed E-state index contributed by atoms with van der Waals surface area (Å²) in [5.41, 5.74) is -0.107. The molecule has 15 heavy (non-hydrogen) atoms. The van der Waals surface area contributed by atoms with E-state index in [-0.39, 0.29) is 5.54 Å². The predicted octanol–water partition coefficient (Wildman–Crippen LogP) is 4.92. The first kappa shape index (κ1) is 13.0. The van der Waals surface area contributed by atoms with Crippen LogP contribution in [0, 0.1) is 0 Å². The Bertz CT molecular complexity index is 210. The number of halogens is 1. The van der Waals surface area contributed by atoms with Crippen LogP contribution in [0.25, 0.3) is 0 Å². The second kappa shape index (κ2) is 5.29. The van der Waals surface area contributed by atoms with Gasteiger partial charge >= 0.3 is 0 Å². The van der Waals surface area contributed by atoms with Crippen molar-refractivity contribution in [2.24, 2.45) is 10.2 Å². The van der Waals surface area contributed by atoms with Gasteiger partial charge in [0.1, 0.15) is 0 Å². The van der Waals surface area contributed by atoms with Gasteiger partial charge in [0.2, 0.25) is 0 Å². The molecule has 0 amide bonds. The zero-order chi connectivity index (χ0) is 11.4. The van der Waals surface area contributed by atoms with Crippen LogP contribution in [-0.4, -0.2) is 10.5 Å². The molecule has 1 aliphatic carbocycles. The molecule has 0 aromatic carbocycles. The molecule has 0 radical (unpaired) electrons. The molecule has 0 saturated heterocycles. The van der Waals surface area contributed by atoms with E-state index in [1.165, 1.54) is 32.1 Å². The largest absolute Gasteiger partial charge is 0.187 e. The van der Waals surface area contributed by atoms with E-state index < -0.39 is 5.00 Å². The molecule has 1 aliphatic rings. The van der Waals surface area contributed by atoms with Gasteiger partial charge in [-0.25, -0.2) is 0 Å². The van der Waals surface area contributed by atoms with Gasteiger partial charge in [0.05, 0.1) is 5.54 Å². The number of hydrogen-bond acceptors (Lipinski definition) is 2. The van der Waals surface area contributed by atoms with Crippen molar-refractivity contribution in [1.29, 1.82) is 0 Å². The summed E-state index contributed by atoms with van der Waals surface area (Å²) < 4.78 is 0. The van der Waals surface area contributed by atoms with Crippen LogP contribution >= 0.6 is 11.6 Å². The third-order valence-electron chi connectivity index (χ3n) is 2.65. The summed E-state index contributed by atoms with van der Waals surface area (Å²) in [7, 11) is 0. The van der Waals surface area contributed by atoms with Crippen molar-refractivity contribution >= 4 is 11.6 Å². The Labute approximate surface area is 98.5 Å². The summed E-state index contributed by atoms with van der Waals surface area (Å²) in [6.45, 7) is 6.17. The van der Waals surface area contributed by atoms with Gasteiger partial charge in [0.15, 0.2) is 5.00 Å². The zero-order valence-electron chi connectivity index (χ0n) is 10.2. The third-order valence-corrected chi connectivity index (χ3v) is 3.10. The fraction of sp³-hybridized carbons (Fsp3) is 1.00. The smallest absolute Gasteiger partial charge is 0.154 e. The molecule has 2 nitrogen and oxygen atoms in total. The monoisotopic (exact) mass is 230 g/mol. The predicted molar refractivity (Wildman–Crippen MR) is 65.5 cm³/mol. The molecular formula is C12H23ClN2. The highest BCUT2D eigenvalue weighted by atomic mass is 35.5. The van der Waals surface area contributed by atoms with Gasteiger partial charge < -0.3 is 0 Å². The lowest BCUT2D eigenvalue weighted by molar-refractivity contribution is 0.387. The summed E-state index contributed by atoms with van der Waals surface area (Å²) in [6, 6.07) is 0. The highest BCUT2D eigenvalue weighted by Crippen LogP contribution is 2.34. The Morgan fingerprint density at radius 1 is 0.933 bits per heavy atom. The van der Waals surface area contributed by atoms with Crippen molar-refractivity contribution < 1.29 is 0 Å². The molecule has 0 unspecified atom stereocenters. The van der Waals surface area contributed by atoms with E-state index in [9.17, 15) is 0 Å². The van der Waals surface area contributed by atoms with E-state index in [0.717, 1.165) is 12.8 Å². The second-order valence-corrected chi connectivity index (χ2v) is 6.26. The minimum absolute atomic E-state index is 0.107. The standard InChI is InChI=1S/C12H23ClN2/c1-11(2,3)14-15-12(13)9-7-5-4-6-8-10-12/h4-10H2,1-3H3. The molecule has 1 fully saturated rings. The van der Waals surface area contributed by atoms with Gasteiger partial charge in [-0.3, -0.25) is 0 Å². The second-order valence-electron chi connectivity index (χ2n) is 5.56. The Hall–Kier alpha value is -0.110. The first-order chi connectivity index (χ1) is 6.91. The van der Waals surface area contributed by atoms with E-state index in [1.54, 1.807) is 0 Å². The molecule has 88 valence electrons. The lowest BCUT2D eigenvalue weighted by Gasteiger charge is -2.25. The molecule has 0 heterocycles. The summed E-state index contributed by atoms with van der Waals surface area (Å²) in [5, 5.41) is 8.70. The summed E-state index contributed by atoms with van der Waals surface area (Å²) >= 11 is 6.50. The van der Waals surface area contributed by atoms with E-state index in [2.05, 4.69) is 31.0 Å². The van der Waals surface area contributed by atoms with Crippen LogP contribution in [0.15, 0.2) is 10.2 Å². The molecule has 0 N–H and O–H groups in total. The quantitative estimate of drug-likeness (QED) is 0.347. The maximum Gasteiger partial charge on any atom is 0.154 e. The summed E-state index contributed by atoms with van der Waals surface area (Å²) in [5.74, 6) is 0. The van der Waals surface area contributed by atoms with Crippen molar-refractivity contribution in [1.82, 2.24) is 0 Å². The normalized spacial score (nSPS) is 23.7. The topological polar surface area (TPSA) is 24.7 Å². The van der Waals surface area contributed by atoms with E-state index >= 15 is 0 Å². The van der Waals surface area contributed by atoms with Crippen LogP contribution in [0.2, 0.25) is 0 Å². The highest BCUT2D eigenvalue weighted by Gasteiger charge is 2.27. The summed E-state index contributed by atoms with van der Waals surface area (Å²) in [6.07, 6.45) is 8.27. The number of azo groups is 1. The lowest BCUT2D eigenvalue weighted by Crippen LogP contribution is -2.21. The molecule has 3 heteroatoms. The first-order valence-electron chi connectivity index (χ1n) is 6.04. The number of alkyl halides is 1. The van der Waals surface area contributed by atoms with Gasteiger partial charge in [-0.2, -0.15) is 10.2 Å². The van der Waals surface area contributed by atoms with Crippen LogP contribution in [0.5, 0.6) is 0 Å². The Morgan fingerprint density at radius 2 is 1.40 bits per heavy atom. The average Bonchev–Trinajstić information content (AvgIpc) is 2.08. The van der Waals surface area contributed by atoms with Crippen LogP contribution in [0.1, 0.15) is 65.7 Å². The Kier molecular flexibility index (Phi) is 4.57. The molecule has 0 atom stereocenters. The van der Waals surface area contributed by atoms with Crippen LogP contribution in [-0.2, 0) is 0 Å². The minimum Gasteiger partial charge on any atom is -0.187 e. The van der Waals surface area contributed by atoms with Gasteiger partial charge in [-0.05, 0) is 46.5 Å². The van der Waals surface area contributed by atoms with Crippen LogP contribution < -0.4 is 0 Å². The molecular weight excluding hydrogens is 208 g/mol. The van der Waals surface area contributed by atoms with Crippen molar-refractivity contribution in [2.75, 3.05) is 0 Å². The van der Waals surface area contributed by atoms with Crippen molar-refractivity contribution in [3.8, 4) is 0 Å². The van der Waals surface area contributed by atoms with Crippen LogP contribution in [0.3, 0.4) is 0 Å². The van der Waals surface area contributed by atoms with Crippen molar-refractivity contribution in [3.05, 3.63) is 0 Å². The summed E-state index contributed by atoms with van der Waals surface area (Å²) in [4.78, 5) is -0.409. The molecule has 0 aromatic heterocycles. The first-order valence-corrected chi connectivity index (χ1v) is 6.42. The average molecular weight is 231 g/mol.